The first-order chi connectivity index (χ1) is 8.79. The number of hydrogen-bond acceptors (Lipinski definition) is 1. The Bertz CT molecular complexity index is 329. The molecular formula is C17H27N. The van der Waals surface area contributed by atoms with Gasteiger partial charge in [-0.15, -0.1) is 0 Å². The summed E-state index contributed by atoms with van der Waals surface area (Å²) in [6.45, 7) is 2.12. The van der Waals surface area contributed by atoms with Crippen LogP contribution in [0.15, 0.2) is 0 Å². The zero-order valence-corrected chi connectivity index (χ0v) is 11.8. The lowest BCUT2D eigenvalue weighted by Gasteiger charge is -2.47. The average Bonchev–Trinajstić information content (AvgIpc) is 2.87. The molecule has 0 spiro atoms. The highest BCUT2D eigenvalue weighted by Gasteiger charge is 2.45. The van der Waals surface area contributed by atoms with Gasteiger partial charge in [-0.05, 0) is 68.6 Å². The third-order valence-corrected chi connectivity index (χ3v) is 6.28. The highest BCUT2D eigenvalue weighted by Crippen LogP contribution is 2.54. The molecule has 0 bridgehead atoms. The van der Waals surface area contributed by atoms with Gasteiger partial charge in [0.25, 0.3) is 0 Å². The maximum atomic E-state index is 9.06. The Hall–Kier alpha value is -0.510. The highest BCUT2D eigenvalue weighted by atomic mass is 14.5. The number of nitrogens with zero attached hydrogens (tertiary/aromatic N) is 1. The van der Waals surface area contributed by atoms with Crippen molar-refractivity contribution in [2.24, 2.45) is 35.5 Å². The molecule has 100 valence electrons. The summed E-state index contributed by atoms with van der Waals surface area (Å²) in [6, 6.07) is 2.45. The summed E-state index contributed by atoms with van der Waals surface area (Å²) in [6.07, 6.45) is 13.0. The van der Waals surface area contributed by atoms with Crippen molar-refractivity contribution in [2.45, 2.75) is 64.7 Å². The van der Waals surface area contributed by atoms with E-state index in [9.17, 15) is 0 Å². The van der Waals surface area contributed by atoms with Crippen molar-refractivity contribution in [1.82, 2.24) is 0 Å². The maximum absolute atomic E-state index is 9.06. The molecule has 0 radical (unpaired) electrons. The van der Waals surface area contributed by atoms with E-state index < -0.39 is 0 Å². The molecule has 6 unspecified atom stereocenters. The van der Waals surface area contributed by atoms with Gasteiger partial charge in [-0.2, -0.15) is 5.26 Å². The zero-order chi connectivity index (χ0) is 12.5. The second-order valence-corrected chi connectivity index (χ2v) is 7.22. The van der Waals surface area contributed by atoms with Crippen LogP contribution in [0.3, 0.4) is 0 Å². The van der Waals surface area contributed by atoms with Crippen molar-refractivity contribution < 1.29 is 0 Å². The van der Waals surface area contributed by atoms with E-state index in [1.165, 1.54) is 57.8 Å². The van der Waals surface area contributed by atoms with Crippen molar-refractivity contribution in [1.29, 1.82) is 5.26 Å². The van der Waals surface area contributed by atoms with Crippen LogP contribution in [-0.4, -0.2) is 0 Å². The van der Waals surface area contributed by atoms with E-state index in [1.54, 1.807) is 0 Å². The summed E-state index contributed by atoms with van der Waals surface area (Å²) >= 11 is 0. The van der Waals surface area contributed by atoms with Crippen LogP contribution in [0.1, 0.15) is 64.7 Å². The molecule has 0 aliphatic heterocycles. The van der Waals surface area contributed by atoms with Crippen molar-refractivity contribution in [3.63, 3.8) is 0 Å². The SMILES string of the molecule is CC(C#N)CC1CCCC2C3CCCC3CCC12. The molecule has 3 saturated carbocycles. The maximum Gasteiger partial charge on any atom is 0.0652 e. The molecule has 0 heterocycles. The van der Waals surface area contributed by atoms with Crippen LogP contribution >= 0.6 is 0 Å². The van der Waals surface area contributed by atoms with Gasteiger partial charge in [0.15, 0.2) is 0 Å². The minimum Gasteiger partial charge on any atom is -0.198 e. The minimum atomic E-state index is 0.273. The largest absolute Gasteiger partial charge is 0.198 e. The lowest BCUT2D eigenvalue weighted by atomic mass is 9.58. The third-order valence-electron chi connectivity index (χ3n) is 6.28. The van der Waals surface area contributed by atoms with Gasteiger partial charge in [0.05, 0.1) is 6.07 Å². The molecule has 3 fully saturated rings. The van der Waals surface area contributed by atoms with Crippen molar-refractivity contribution >= 4 is 0 Å². The fraction of sp³-hybridized carbons (Fsp3) is 0.941. The van der Waals surface area contributed by atoms with Crippen LogP contribution in [-0.2, 0) is 0 Å². The van der Waals surface area contributed by atoms with Crippen molar-refractivity contribution in [3.8, 4) is 6.07 Å². The van der Waals surface area contributed by atoms with E-state index in [-0.39, 0.29) is 5.92 Å². The van der Waals surface area contributed by atoms with E-state index in [4.69, 9.17) is 5.26 Å². The van der Waals surface area contributed by atoms with E-state index in [2.05, 4.69) is 13.0 Å². The van der Waals surface area contributed by atoms with Crippen LogP contribution in [0.2, 0.25) is 0 Å². The fourth-order valence-electron chi connectivity index (χ4n) is 5.57. The van der Waals surface area contributed by atoms with Gasteiger partial charge in [0, 0.05) is 5.92 Å². The Morgan fingerprint density at radius 1 is 0.944 bits per heavy atom. The standard InChI is InChI=1S/C17H27N/c1-12(11-18)10-14-5-3-7-17-15-6-2-4-13(15)8-9-16(14)17/h12-17H,2-10H2,1H3. The van der Waals surface area contributed by atoms with E-state index in [1.807, 2.05) is 0 Å². The van der Waals surface area contributed by atoms with E-state index in [0.29, 0.717) is 0 Å². The van der Waals surface area contributed by atoms with E-state index in [0.717, 1.165) is 29.6 Å². The lowest BCUT2D eigenvalue weighted by molar-refractivity contribution is 0.0245. The smallest absolute Gasteiger partial charge is 0.0652 e. The predicted octanol–water partition coefficient (Wildman–Crippen LogP) is 4.78. The number of hydrogen-bond donors (Lipinski definition) is 0. The quantitative estimate of drug-likeness (QED) is 0.687. The number of nitriles is 1. The summed E-state index contributed by atoms with van der Waals surface area (Å²) in [4.78, 5) is 0. The van der Waals surface area contributed by atoms with Gasteiger partial charge in [-0.3, -0.25) is 0 Å². The Labute approximate surface area is 112 Å². The van der Waals surface area contributed by atoms with Crippen LogP contribution in [0.4, 0.5) is 0 Å². The molecule has 1 nitrogen and oxygen atoms in total. The molecule has 0 N–H and O–H groups in total. The summed E-state index contributed by atoms with van der Waals surface area (Å²) in [7, 11) is 0. The number of fused-ring (bicyclic) bond motifs is 3. The van der Waals surface area contributed by atoms with Crippen molar-refractivity contribution in [3.05, 3.63) is 0 Å². The Morgan fingerprint density at radius 3 is 2.56 bits per heavy atom. The van der Waals surface area contributed by atoms with Crippen LogP contribution < -0.4 is 0 Å². The summed E-state index contributed by atoms with van der Waals surface area (Å²) in [5.74, 6) is 5.32. The normalized spacial score (nSPS) is 44.8. The Morgan fingerprint density at radius 2 is 1.72 bits per heavy atom. The van der Waals surface area contributed by atoms with Gasteiger partial charge in [-0.25, -0.2) is 0 Å². The molecule has 3 aliphatic rings. The van der Waals surface area contributed by atoms with Crippen LogP contribution in [0.25, 0.3) is 0 Å². The second-order valence-electron chi connectivity index (χ2n) is 7.22. The zero-order valence-electron chi connectivity index (χ0n) is 11.8. The second kappa shape index (κ2) is 5.24. The van der Waals surface area contributed by atoms with Crippen LogP contribution in [0.5, 0.6) is 0 Å². The molecule has 3 rings (SSSR count). The fourth-order valence-corrected chi connectivity index (χ4v) is 5.57. The summed E-state index contributed by atoms with van der Waals surface area (Å²) in [5, 5.41) is 9.06. The highest BCUT2D eigenvalue weighted by molar-refractivity contribution is 4.96. The summed E-state index contributed by atoms with van der Waals surface area (Å²) < 4.78 is 0. The van der Waals surface area contributed by atoms with Gasteiger partial charge in [0.2, 0.25) is 0 Å². The predicted molar refractivity (Wildman–Crippen MR) is 73.8 cm³/mol. The van der Waals surface area contributed by atoms with Gasteiger partial charge in [0.1, 0.15) is 0 Å². The van der Waals surface area contributed by atoms with Gasteiger partial charge >= 0.3 is 0 Å². The summed E-state index contributed by atoms with van der Waals surface area (Å²) in [5.41, 5.74) is 0. The average molecular weight is 245 g/mol. The first-order valence-electron chi connectivity index (χ1n) is 8.19. The first kappa shape index (κ1) is 12.5. The van der Waals surface area contributed by atoms with Gasteiger partial charge in [-0.1, -0.05) is 25.7 Å². The molecule has 0 amide bonds. The molecule has 3 aliphatic carbocycles. The molecule has 0 saturated heterocycles. The Balaban J connectivity index is 1.70. The molecule has 0 aromatic carbocycles. The minimum absolute atomic E-state index is 0.273. The Kier molecular flexibility index (Phi) is 3.64. The molecular weight excluding hydrogens is 218 g/mol. The molecule has 0 aromatic heterocycles. The molecule has 1 heteroatoms. The lowest BCUT2D eigenvalue weighted by Crippen LogP contribution is -2.39. The monoisotopic (exact) mass is 245 g/mol. The van der Waals surface area contributed by atoms with E-state index >= 15 is 0 Å². The molecule has 0 aromatic rings. The molecule has 18 heavy (non-hydrogen) atoms. The van der Waals surface area contributed by atoms with Gasteiger partial charge < -0.3 is 0 Å². The topological polar surface area (TPSA) is 23.8 Å². The van der Waals surface area contributed by atoms with Crippen LogP contribution in [0, 0.1) is 46.8 Å². The number of rotatable bonds is 2. The first-order valence-corrected chi connectivity index (χ1v) is 8.19. The molecule has 6 atom stereocenters. The third kappa shape index (κ3) is 2.20. The van der Waals surface area contributed by atoms with Crippen molar-refractivity contribution in [2.75, 3.05) is 0 Å².